The molecule has 0 aliphatic rings. The van der Waals surface area contributed by atoms with Crippen molar-refractivity contribution >= 4 is 71.3 Å². The van der Waals surface area contributed by atoms with Crippen molar-refractivity contribution in [1.29, 1.82) is 0 Å². The Morgan fingerprint density at radius 2 is 0.839 bits per heavy atom. The van der Waals surface area contributed by atoms with Crippen LogP contribution in [0.2, 0.25) is 0 Å². The smallest absolute Gasteiger partial charge is 0.143 e. The van der Waals surface area contributed by atoms with Gasteiger partial charge in [-0.3, -0.25) is 0 Å². The van der Waals surface area contributed by atoms with Crippen LogP contribution in [-0.2, 0) is 0 Å². The van der Waals surface area contributed by atoms with E-state index in [1.165, 1.54) is 60.3 Å². The van der Waals surface area contributed by atoms with Crippen molar-refractivity contribution in [3.05, 3.63) is 212 Å². The molecule has 0 aliphatic heterocycles. The summed E-state index contributed by atoms with van der Waals surface area (Å²) in [5.41, 5.74) is 12.2. The third kappa shape index (κ3) is 5.42. The van der Waals surface area contributed by atoms with Gasteiger partial charge in [0.15, 0.2) is 0 Å². The number of furan rings is 1. The van der Waals surface area contributed by atoms with Crippen LogP contribution >= 0.6 is 0 Å². The summed E-state index contributed by atoms with van der Waals surface area (Å²) in [7, 11) is 0. The van der Waals surface area contributed by atoms with E-state index in [2.05, 4.69) is 217 Å². The zero-order valence-corrected chi connectivity index (χ0v) is 30.6. The average Bonchev–Trinajstić information content (AvgIpc) is 3.67. The predicted octanol–water partition coefficient (Wildman–Crippen LogP) is 15.5. The van der Waals surface area contributed by atoms with Crippen LogP contribution in [0.4, 0.5) is 17.1 Å². The van der Waals surface area contributed by atoms with Gasteiger partial charge in [0, 0.05) is 22.1 Å². The van der Waals surface area contributed by atoms with Crippen LogP contribution in [0.25, 0.3) is 87.6 Å². The van der Waals surface area contributed by atoms with E-state index >= 15 is 0 Å². The molecule has 1 aromatic heterocycles. The molecule has 0 bridgehead atoms. The maximum atomic E-state index is 6.66. The fourth-order valence-electron chi connectivity index (χ4n) is 8.44. The Bertz CT molecular complexity index is 3220. The van der Waals surface area contributed by atoms with Crippen molar-refractivity contribution in [3.63, 3.8) is 0 Å². The molecule has 0 unspecified atom stereocenters. The number of benzene rings is 10. The standard InChI is InChI=1S/C54H35NO/c1-2-12-43-35-44(24-23-36(43)9-1)39-21-19-37(20-22-39)38-25-30-45(31-26-38)55(46-32-27-42(28-33-46)48-16-7-13-40-10-3-5-14-47(40)48)51-17-8-18-52-53(51)50-34-29-41-11-4-6-15-49(41)54(50)56-52/h1-35H. The van der Waals surface area contributed by atoms with Gasteiger partial charge in [0.2, 0.25) is 0 Å². The quantitative estimate of drug-likeness (QED) is 0.171. The summed E-state index contributed by atoms with van der Waals surface area (Å²) in [6.07, 6.45) is 0. The SMILES string of the molecule is c1ccc2cc(-c3ccc(-c4ccc(N(c5ccc(-c6cccc7ccccc67)cc5)c5cccc6oc7c8ccccc8ccc7c56)cc4)cc3)ccc2c1. The predicted molar refractivity (Wildman–Crippen MR) is 237 cm³/mol. The Balaban J connectivity index is 1.01. The Hall–Kier alpha value is -7.42. The number of nitrogens with zero attached hydrogens (tertiary/aromatic N) is 1. The molecule has 2 nitrogen and oxygen atoms in total. The van der Waals surface area contributed by atoms with E-state index in [1.807, 2.05) is 0 Å². The minimum absolute atomic E-state index is 0.870. The summed E-state index contributed by atoms with van der Waals surface area (Å²) in [4.78, 5) is 2.37. The molecule has 11 rings (SSSR count). The summed E-state index contributed by atoms with van der Waals surface area (Å²) < 4.78 is 6.66. The lowest BCUT2D eigenvalue weighted by Gasteiger charge is -2.26. The average molecular weight is 714 g/mol. The molecule has 0 amide bonds. The van der Waals surface area contributed by atoms with E-state index < -0.39 is 0 Å². The van der Waals surface area contributed by atoms with Crippen molar-refractivity contribution in [2.45, 2.75) is 0 Å². The number of rotatable bonds is 6. The minimum Gasteiger partial charge on any atom is -0.455 e. The number of hydrogen-bond donors (Lipinski definition) is 0. The summed E-state index contributed by atoms with van der Waals surface area (Å²) >= 11 is 0. The Kier molecular flexibility index (Phi) is 7.53. The molecule has 11 aromatic rings. The second-order valence-corrected chi connectivity index (χ2v) is 14.5. The van der Waals surface area contributed by atoms with Crippen molar-refractivity contribution in [1.82, 2.24) is 0 Å². The molecular weight excluding hydrogens is 679 g/mol. The maximum absolute atomic E-state index is 6.66. The van der Waals surface area contributed by atoms with Crippen molar-refractivity contribution in [2.75, 3.05) is 4.90 Å². The van der Waals surface area contributed by atoms with Crippen molar-refractivity contribution in [3.8, 4) is 33.4 Å². The first-order valence-electron chi connectivity index (χ1n) is 19.2. The van der Waals surface area contributed by atoms with Gasteiger partial charge in [0.1, 0.15) is 11.2 Å². The van der Waals surface area contributed by atoms with Gasteiger partial charge >= 0.3 is 0 Å². The molecule has 10 aromatic carbocycles. The summed E-state index contributed by atoms with van der Waals surface area (Å²) in [5.74, 6) is 0. The van der Waals surface area contributed by atoms with E-state index in [-0.39, 0.29) is 0 Å². The van der Waals surface area contributed by atoms with Crippen LogP contribution < -0.4 is 4.90 Å². The first-order valence-corrected chi connectivity index (χ1v) is 19.2. The second-order valence-electron chi connectivity index (χ2n) is 14.5. The highest BCUT2D eigenvalue weighted by molar-refractivity contribution is 6.19. The monoisotopic (exact) mass is 713 g/mol. The topological polar surface area (TPSA) is 16.4 Å². The number of fused-ring (bicyclic) bond motifs is 7. The Morgan fingerprint density at radius 3 is 1.57 bits per heavy atom. The number of anilines is 3. The largest absolute Gasteiger partial charge is 0.455 e. The fraction of sp³-hybridized carbons (Fsp3) is 0. The molecule has 0 radical (unpaired) electrons. The van der Waals surface area contributed by atoms with E-state index in [1.54, 1.807) is 0 Å². The lowest BCUT2D eigenvalue weighted by Crippen LogP contribution is -2.10. The fourth-order valence-corrected chi connectivity index (χ4v) is 8.44. The molecule has 0 fully saturated rings. The van der Waals surface area contributed by atoms with Gasteiger partial charge in [-0.05, 0) is 109 Å². The van der Waals surface area contributed by atoms with Crippen LogP contribution in [0.5, 0.6) is 0 Å². The van der Waals surface area contributed by atoms with E-state index in [9.17, 15) is 0 Å². The van der Waals surface area contributed by atoms with Gasteiger partial charge in [-0.2, -0.15) is 0 Å². The molecule has 56 heavy (non-hydrogen) atoms. The van der Waals surface area contributed by atoms with Crippen LogP contribution in [-0.4, -0.2) is 0 Å². The summed E-state index contributed by atoms with van der Waals surface area (Å²) in [6.45, 7) is 0. The normalized spacial score (nSPS) is 11.6. The Labute approximate surface area is 325 Å². The van der Waals surface area contributed by atoms with E-state index in [4.69, 9.17) is 4.42 Å². The first-order chi connectivity index (χ1) is 27.7. The zero-order chi connectivity index (χ0) is 37.0. The van der Waals surface area contributed by atoms with Crippen molar-refractivity contribution in [2.24, 2.45) is 0 Å². The molecule has 0 atom stereocenters. The molecule has 0 spiro atoms. The first kappa shape index (κ1) is 32.0. The molecule has 0 saturated heterocycles. The van der Waals surface area contributed by atoms with Gasteiger partial charge in [-0.15, -0.1) is 0 Å². The minimum atomic E-state index is 0.870. The molecule has 1 heterocycles. The molecule has 262 valence electrons. The van der Waals surface area contributed by atoms with Gasteiger partial charge < -0.3 is 9.32 Å². The highest BCUT2D eigenvalue weighted by Gasteiger charge is 2.21. The zero-order valence-electron chi connectivity index (χ0n) is 30.6. The van der Waals surface area contributed by atoms with Gasteiger partial charge in [-0.1, -0.05) is 164 Å². The molecule has 0 saturated carbocycles. The van der Waals surface area contributed by atoms with E-state index in [0.717, 1.165) is 44.4 Å². The van der Waals surface area contributed by atoms with Crippen molar-refractivity contribution < 1.29 is 4.42 Å². The van der Waals surface area contributed by atoms with Gasteiger partial charge in [-0.25, -0.2) is 0 Å². The van der Waals surface area contributed by atoms with Crippen LogP contribution in [0.1, 0.15) is 0 Å². The highest BCUT2D eigenvalue weighted by atomic mass is 16.3. The maximum Gasteiger partial charge on any atom is 0.143 e. The Morgan fingerprint density at radius 1 is 0.321 bits per heavy atom. The van der Waals surface area contributed by atoms with Crippen LogP contribution in [0.3, 0.4) is 0 Å². The second kappa shape index (κ2) is 13.2. The van der Waals surface area contributed by atoms with Crippen LogP contribution in [0, 0.1) is 0 Å². The third-order valence-corrected chi connectivity index (χ3v) is 11.3. The molecule has 2 heteroatoms. The van der Waals surface area contributed by atoms with Gasteiger partial charge in [0.25, 0.3) is 0 Å². The molecular formula is C54H35NO. The summed E-state index contributed by atoms with van der Waals surface area (Å²) in [5, 5.41) is 9.50. The van der Waals surface area contributed by atoms with Gasteiger partial charge in [0.05, 0.1) is 11.1 Å². The molecule has 0 aliphatic carbocycles. The number of hydrogen-bond acceptors (Lipinski definition) is 2. The van der Waals surface area contributed by atoms with E-state index in [0.29, 0.717) is 0 Å². The summed E-state index contributed by atoms with van der Waals surface area (Å²) in [6, 6.07) is 76.4. The lowest BCUT2D eigenvalue weighted by atomic mass is 9.97. The molecule has 0 N–H and O–H groups in total. The third-order valence-electron chi connectivity index (χ3n) is 11.3. The lowest BCUT2D eigenvalue weighted by molar-refractivity contribution is 0.672. The highest BCUT2D eigenvalue weighted by Crippen LogP contribution is 2.45. The van der Waals surface area contributed by atoms with Crippen LogP contribution in [0.15, 0.2) is 217 Å².